The smallest absolute Gasteiger partial charge is 0.276 e. The van der Waals surface area contributed by atoms with Gasteiger partial charge in [-0.15, -0.1) is 0 Å². The van der Waals surface area contributed by atoms with Crippen LogP contribution < -0.4 is 0 Å². The van der Waals surface area contributed by atoms with Crippen molar-refractivity contribution in [1.29, 1.82) is 0 Å². The van der Waals surface area contributed by atoms with Gasteiger partial charge >= 0.3 is 0 Å². The molecule has 0 aliphatic carbocycles. The molecule has 3 heterocycles. The van der Waals surface area contributed by atoms with E-state index >= 15 is 0 Å². The van der Waals surface area contributed by atoms with Crippen molar-refractivity contribution >= 4 is 5.91 Å². The molecule has 0 spiro atoms. The Morgan fingerprint density at radius 3 is 2.83 bits per heavy atom. The van der Waals surface area contributed by atoms with Gasteiger partial charge in [0.1, 0.15) is 5.76 Å². The van der Waals surface area contributed by atoms with Crippen molar-refractivity contribution in [1.82, 2.24) is 14.8 Å². The van der Waals surface area contributed by atoms with Crippen LogP contribution in [0, 0.1) is 6.92 Å². The lowest BCUT2D eigenvalue weighted by Crippen LogP contribution is -2.56. The van der Waals surface area contributed by atoms with Crippen LogP contribution >= 0.6 is 0 Å². The van der Waals surface area contributed by atoms with Gasteiger partial charge in [0.05, 0.1) is 0 Å². The van der Waals surface area contributed by atoms with Crippen molar-refractivity contribution in [3.8, 4) is 11.5 Å². The highest BCUT2D eigenvalue weighted by Gasteiger charge is 2.33. The van der Waals surface area contributed by atoms with Crippen molar-refractivity contribution in [3.05, 3.63) is 41.8 Å². The van der Waals surface area contributed by atoms with E-state index < -0.39 is 0 Å². The summed E-state index contributed by atoms with van der Waals surface area (Å²) in [4.78, 5) is 21.9. The molecule has 0 radical (unpaired) electrons. The van der Waals surface area contributed by atoms with E-state index in [0.717, 1.165) is 25.2 Å². The first-order valence-corrected chi connectivity index (χ1v) is 8.78. The number of piperazine rings is 1. The number of nitrogens with zero attached hydrogens (tertiary/aromatic N) is 3. The van der Waals surface area contributed by atoms with E-state index in [-0.39, 0.29) is 5.91 Å². The molecule has 2 aliphatic heterocycles. The largest absolute Gasteiger partial charge is 0.441 e. The third kappa shape index (κ3) is 2.84. The van der Waals surface area contributed by atoms with Crippen LogP contribution in [0.4, 0.5) is 0 Å². The second kappa shape index (κ2) is 6.40. The first-order valence-electron chi connectivity index (χ1n) is 8.78. The van der Waals surface area contributed by atoms with E-state index in [2.05, 4.69) is 9.88 Å². The van der Waals surface area contributed by atoms with Crippen LogP contribution in [0.3, 0.4) is 0 Å². The molecule has 2 aromatic rings. The summed E-state index contributed by atoms with van der Waals surface area (Å²) in [5.41, 5.74) is 1.36. The highest BCUT2D eigenvalue weighted by Crippen LogP contribution is 2.25. The van der Waals surface area contributed by atoms with Gasteiger partial charge in [-0.25, -0.2) is 4.98 Å². The van der Waals surface area contributed by atoms with Crippen LogP contribution in [0.5, 0.6) is 0 Å². The molecule has 1 amide bonds. The summed E-state index contributed by atoms with van der Waals surface area (Å²) in [6.45, 7) is 5.56. The quantitative estimate of drug-likeness (QED) is 0.852. The first-order chi connectivity index (χ1) is 11.7. The van der Waals surface area contributed by atoms with Crippen LogP contribution in [0.15, 0.2) is 34.7 Å². The normalized spacial score (nSPS) is 21.5. The number of piperidine rings is 1. The molecule has 126 valence electrons. The molecule has 0 saturated carbocycles. The van der Waals surface area contributed by atoms with Crippen molar-refractivity contribution in [2.24, 2.45) is 0 Å². The second-order valence-electron chi connectivity index (χ2n) is 6.73. The number of rotatable bonds is 2. The molecular weight excluding hydrogens is 302 g/mol. The maximum atomic E-state index is 12.9. The highest BCUT2D eigenvalue weighted by atomic mass is 16.4. The van der Waals surface area contributed by atoms with Crippen molar-refractivity contribution < 1.29 is 9.21 Å². The standard InChI is InChI=1S/C19H23N3O2/c1-14-17(20-18(24-14)15-7-3-2-4-8-15)19(23)22-12-11-21-10-6-5-9-16(21)13-22/h2-4,7-8,16H,5-6,9-13H2,1H3/t16-/m0/s1. The molecule has 5 heteroatoms. The molecule has 0 unspecified atom stereocenters. The summed E-state index contributed by atoms with van der Waals surface area (Å²) >= 11 is 0. The molecule has 2 saturated heterocycles. The van der Waals surface area contributed by atoms with Crippen molar-refractivity contribution in [2.75, 3.05) is 26.2 Å². The topological polar surface area (TPSA) is 49.6 Å². The average molecular weight is 325 g/mol. The van der Waals surface area contributed by atoms with E-state index in [0.29, 0.717) is 23.4 Å². The Kier molecular flexibility index (Phi) is 4.10. The molecule has 2 fully saturated rings. The molecule has 1 aromatic heterocycles. The summed E-state index contributed by atoms with van der Waals surface area (Å²) < 4.78 is 5.75. The molecule has 1 aromatic carbocycles. The maximum absolute atomic E-state index is 12.9. The third-order valence-corrected chi connectivity index (χ3v) is 5.14. The van der Waals surface area contributed by atoms with E-state index in [1.54, 1.807) is 0 Å². The number of fused-ring (bicyclic) bond motifs is 1. The summed E-state index contributed by atoms with van der Waals surface area (Å²) in [6, 6.07) is 10.2. The molecule has 5 nitrogen and oxygen atoms in total. The van der Waals surface area contributed by atoms with E-state index in [4.69, 9.17) is 4.42 Å². The average Bonchev–Trinajstić information content (AvgIpc) is 3.03. The predicted octanol–water partition coefficient (Wildman–Crippen LogP) is 2.96. The minimum atomic E-state index is 0.00338. The van der Waals surface area contributed by atoms with Crippen LogP contribution in [0.2, 0.25) is 0 Å². The Morgan fingerprint density at radius 2 is 2.00 bits per heavy atom. The predicted molar refractivity (Wildman–Crippen MR) is 91.8 cm³/mol. The lowest BCUT2D eigenvalue weighted by molar-refractivity contribution is 0.0367. The summed E-state index contributed by atoms with van der Waals surface area (Å²) in [6.07, 6.45) is 3.74. The Bertz CT molecular complexity index is 725. The van der Waals surface area contributed by atoms with Gasteiger partial charge in [-0.05, 0) is 38.4 Å². The van der Waals surface area contributed by atoms with Gasteiger partial charge in [-0.1, -0.05) is 24.6 Å². The maximum Gasteiger partial charge on any atom is 0.276 e. The lowest BCUT2D eigenvalue weighted by atomic mass is 9.99. The first kappa shape index (κ1) is 15.4. The number of hydrogen-bond donors (Lipinski definition) is 0. The molecule has 0 N–H and O–H groups in total. The molecule has 2 aliphatic rings. The SMILES string of the molecule is Cc1oc(-c2ccccc2)nc1C(=O)N1CCN2CCCC[C@H]2C1. The molecular formula is C19H23N3O2. The van der Waals surface area contributed by atoms with Gasteiger partial charge in [-0.2, -0.15) is 0 Å². The fourth-order valence-corrected chi connectivity index (χ4v) is 3.79. The fraction of sp³-hybridized carbons (Fsp3) is 0.474. The monoisotopic (exact) mass is 325 g/mol. The number of carbonyl (C=O) groups excluding carboxylic acids is 1. The Hall–Kier alpha value is -2.14. The van der Waals surface area contributed by atoms with Gasteiger partial charge in [0.25, 0.3) is 5.91 Å². The Balaban J connectivity index is 1.53. The van der Waals surface area contributed by atoms with Gasteiger partial charge in [-0.3, -0.25) is 9.69 Å². The van der Waals surface area contributed by atoms with E-state index in [1.165, 1.54) is 25.8 Å². The number of amides is 1. The second-order valence-corrected chi connectivity index (χ2v) is 6.73. The van der Waals surface area contributed by atoms with Crippen LogP contribution in [0.1, 0.15) is 35.5 Å². The summed E-state index contributed by atoms with van der Waals surface area (Å²) in [7, 11) is 0. The molecule has 24 heavy (non-hydrogen) atoms. The van der Waals surface area contributed by atoms with Gasteiger partial charge in [0.15, 0.2) is 5.69 Å². The number of aromatic nitrogens is 1. The van der Waals surface area contributed by atoms with Gasteiger partial charge in [0.2, 0.25) is 5.89 Å². The Morgan fingerprint density at radius 1 is 1.17 bits per heavy atom. The van der Waals surface area contributed by atoms with Gasteiger partial charge in [0, 0.05) is 31.2 Å². The number of carbonyl (C=O) groups is 1. The highest BCUT2D eigenvalue weighted by molar-refractivity contribution is 5.93. The zero-order valence-electron chi connectivity index (χ0n) is 14.1. The summed E-state index contributed by atoms with van der Waals surface area (Å²) in [5.74, 6) is 1.13. The number of aryl methyl sites for hydroxylation is 1. The van der Waals surface area contributed by atoms with Crippen molar-refractivity contribution in [2.45, 2.75) is 32.2 Å². The minimum absolute atomic E-state index is 0.00338. The zero-order valence-corrected chi connectivity index (χ0v) is 14.1. The number of benzene rings is 1. The zero-order chi connectivity index (χ0) is 16.5. The lowest BCUT2D eigenvalue weighted by Gasteiger charge is -2.43. The summed E-state index contributed by atoms with van der Waals surface area (Å²) in [5, 5.41) is 0. The van der Waals surface area contributed by atoms with Gasteiger partial charge < -0.3 is 9.32 Å². The molecule has 1 atom stereocenters. The minimum Gasteiger partial charge on any atom is -0.441 e. The number of hydrogen-bond acceptors (Lipinski definition) is 4. The van der Waals surface area contributed by atoms with Crippen molar-refractivity contribution in [3.63, 3.8) is 0 Å². The van der Waals surface area contributed by atoms with Crippen LogP contribution in [-0.2, 0) is 0 Å². The van der Waals surface area contributed by atoms with E-state index in [9.17, 15) is 4.79 Å². The molecule has 4 rings (SSSR count). The van der Waals surface area contributed by atoms with Crippen LogP contribution in [-0.4, -0.2) is 52.9 Å². The van der Waals surface area contributed by atoms with Crippen LogP contribution in [0.25, 0.3) is 11.5 Å². The third-order valence-electron chi connectivity index (χ3n) is 5.14. The van der Waals surface area contributed by atoms with E-state index in [1.807, 2.05) is 42.2 Å². The number of oxazole rings is 1. The Labute approximate surface area is 142 Å². The fourth-order valence-electron chi connectivity index (χ4n) is 3.79. The molecule has 0 bridgehead atoms.